The van der Waals surface area contributed by atoms with Crippen LogP contribution in [0.4, 0.5) is 5.69 Å². The van der Waals surface area contributed by atoms with Gasteiger partial charge in [-0.15, -0.1) is 0 Å². The summed E-state index contributed by atoms with van der Waals surface area (Å²) in [7, 11) is -3.82. The van der Waals surface area contributed by atoms with Crippen molar-refractivity contribution in [3.63, 3.8) is 0 Å². The summed E-state index contributed by atoms with van der Waals surface area (Å²) in [6.07, 6.45) is 3.50. The number of amides is 1. The molecule has 0 bridgehead atoms. The molecular formula is C29H28N4O3S. The molecule has 1 aliphatic heterocycles. The number of anilines is 1. The SMILES string of the molecule is Cc1ccc(-c2cc(C(=O)Nc3cccc(S(=O)(=O)NC4=NCCCCC4)c3)c3ccccc3n2)cc1. The van der Waals surface area contributed by atoms with Crippen LogP contribution in [0, 0.1) is 6.92 Å². The molecule has 2 N–H and O–H groups in total. The van der Waals surface area contributed by atoms with Crippen molar-refractivity contribution in [3.05, 3.63) is 90.0 Å². The summed E-state index contributed by atoms with van der Waals surface area (Å²) >= 11 is 0. The Morgan fingerprint density at radius 2 is 1.70 bits per heavy atom. The van der Waals surface area contributed by atoms with Crippen molar-refractivity contribution in [2.24, 2.45) is 4.99 Å². The first-order chi connectivity index (χ1) is 17.9. The van der Waals surface area contributed by atoms with Gasteiger partial charge in [-0.1, -0.05) is 60.5 Å². The average Bonchev–Trinajstić information content (AvgIpc) is 3.17. The standard InChI is InChI=1S/C29H28N4O3S/c1-20-13-15-21(16-14-20)27-19-25(24-10-4-5-11-26(24)32-27)29(34)31-22-8-7-9-23(18-22)37(35,36)33-28-12-3-2-6-17-30-28/h4-5,7-11,13-16,18-19H,2-3,6,12,17H2,1H3,(H,30,33)(H,31,34). The van der Waals surface area contributed by atoms with Crippen LogP contribution >= 0.6 is 0 Å². The monoisotopic (exact) mass is 512 g/mol. The molecule has 5 rings (SSSR count). The van der Waals surface area contributed by atoms with Crippen molar-refractivity contribution in [2.45, 2.75) is 37.5 Å². The second-order valence-electron chi connectivity index (χ2n) is 9.16. The van der Waals surface area contributed by atoms with E-state index in [2.05, 4.69) is 15.0 Å². The van der Waals surface area contributed by atoms with Crippen LogP contribution < -0.4 is 10.0 Å². The fourth-order valence-corrected chi connectivity index (χ4v) is 5.48. The topological polar surface area (TPSA) is 101 Å². The molecule has 0 atom stereocenters. The molecule has 1 amide bonds. The first-order valence-electron chi connectivity index (χ1n) is 12.3. The summed E-state index contributed by atoms with van der Waals surface area (Å²) in [6, 6.07) is 23.5. The van der Waals surface area contributed by atoms with Crippen LogP contribution in [0.1, 0.15) is 41.6 Å². The van der Waals surface area contributed by atoms with E-state index in [1.54, 1.807) is 18.2 Å². The van der Waals surface area contributed by atoms with Crippen molar-refractivity contribution in [3.8, 4) is 11.3 Å². The van der Waals surface area contributed by atoms with Gasteiger partial charge in [0.05, 0.1) is 21.7 Å². The normalized spacial score (nSPS) is 14.0. The van der Waals surface area contributed by atoms with Crippen molar-refractivity contribution < 1.29 is 13.2 Å². The highest BCUT2D eigenvalue weighted by molar-refractivity contribution is 7.90. The maximum Gasteiger partial charge on any atom is 0.262 e. The lowest BCUT2D eigenvalue weighted by Gasteiger charge is -2.13. The molecule has 1 aliphatic rings. The molecule has 0 aliphatic carbocycles. The number of aliphatic imine (C=N–C) groups is 1. The van der Waals surface area contributed by atoms with Crippen LogP contribution in [0.3, 0.4) is 0 Å². The van der Waals surface area contributed by atoms with E-state index in [9.17, 15) is 13.2 Å². The van der Waals surface area contributed by atoms with Gasteiger partial charge in [-0.05, 0) is 50.1 Å². The summed E-state index contributed by atoms with van der Waals surface area (Å²) in [4.78, 5) is 22.6. The number of para-hydroxylation sites is 1. The van der Waals surface area contributed by atoms with E-state index < -0.39 is 10.0 Å². The van der Waals surface area contributed by atoms with Crippen LogP contribution in [0.25, 0.3) is 22.2 Å². The number of benzene rings is 3. The highest BCUT2D eigenvalue weighted by Gasteiger charge is 2.19. The third kappa shape index (κ3) is 5.70. The van der Waals surface area contributed by atoms with Crippen molar-refractivity contribution in [1.82, 2.24) is 9.71 Å². The molecule has 37 heavy (non-hydrogen) atoms. The van der Waals surface area contributed by atoms with Gasteiger partial charge in [0.2, 0.25) is 0 Å². The van der Waals surface area contributed by atoms with Crippen molar-refractivity contribution in [1.29, 1.82) is 0 Å². The Hall–Kier alpha value is -4.04. The summed E-state index contributed by atoms with van der Waals surface area (Å²) < 4.78 is 28.6. The minimum Gasteiger partial charge on any atom is -0.322 e. The molecule has 0 spiro atoms. The summed E-state index contributed by atoms with van der Waals surface area (Å²) in [5.41, 5.74) is 4.28. The lowest BCUT2D eigenvalue weighted by Crippen LogP contribution is -2.30. The Morgan fingerprint density at radius 3 is 2.54 bits per heavy atom. The van der Waals surface area contributed by atoms with Gasteiger partial charge in [0.15, 0.2) is 0 Å². The average molecular weight is 513 g/mol. The van der Waals surface area contributed by atoms with Crippen molar-refractivity contribution in [2.75, 3.05) is 11.9 Å². The zero-order valence-corrected chi connectivity index (χ0v) is 21.4. The molecule has 4 aromatic rings. The van der Waals surface area contributed by atoms with Gasteiger partial charge < -0.3 is 5.32 Å². The fraction of sp³-hybridized carbons (Fsp3) is 0.207. The van der Waals surface area contributed by atoms with E-state index in [0.29, 0.717) is 46.6 Å². The second-order valence-corrected chi connectivity index (χ2v) is 10.8. The zero-order chi connectivity index (χ0) is 25.8. The third-order valence-corrected chi connectivity index (χ3v) is 7.72. The summed E-state index contributed by atoms with van der Waals surface area (Å²) in [6.45, 7) is 2.64. The molecule has 0 unspecified atom stereocenters. The molecule has 188 valence electrons. The second kappa shape index (κ2) is 10.5. The molecule has 0 radical (unpaired) electrons. The first kappa shape index (κ1) is 24.6. The quantitative estimate of drug-likeness (QED) is 0.357. The van der Waals surface area contributed by atoms with Gasteiger partial charge in [0.1, 0.15) is 5.84 Å². The number of nitrogens with one attached hydrogen (secondary N) is 2. The van der Waals surface area contributed by atoms with Crippen LogP contribution in [0.15, 0.2) is 88.8 Å². The molecule has 1 aromatic heterocycles. The smallest absolute Gasteiger partial charge is 0.262 e. The molecule has 8 heteroatoms. The van der Waals surface area contributed by atoms with Gasteiger partial charge >= 0.3 is 0 Å². The maximum absolute atomic E-state index is 13.5. The molecule has 0 saturated heterocycles. The number of fused-ring (bicyclic) bond motifs is 1. The Kier molecular flexibility index (Phi) is 7.01. The van der Waals surface area contributed by atoms with E-state index in [0.717, 1.165) is 30.4 Å². The van der Waals surface area contributed by atoms with Crippen LogP contribution in [-0.2, 0) is 10.0 Å². The van der Waals surface area contributed by atoms with E-state index in [1.807, 2.05) is 55.5 Å². The van der Waals surface area contributed by atoms with Gasteiger partial charge in [-0.3, -0.25) is 14.5 Å². The fourth-order valence-electron chi connectivity index (χ4n) is 4.35. The van der Waals surface area contributed by atoms with E-state index in [-0.39, 0.29) is 10.8 Å². The number of carbonyl (C=O) groups excluding carboxylic acids is 1. The van der Waals surface area contributed by atoms with Crippen LogP contribution in [0.5, 0.6) is 0 Å². The predicted molar refractivity (Wildman–Crippen MR) is 147 cm³/mol. The number of hydrogen-bond donors (Lipinski definition) is 2. The third-order valence-electron chi connectivity index (χ3n) is 6.34. The number of nitrogens with zero attached hydrogens (tertiary/aromatic N) is 2. The number of sulfonamides is 1. The van der Waals surface area contributed by atoms with Gasteiger partial charge in [0, 0.05) is 29.6 Å². The number of aryl methyl sites for hydroxylation is 1. The van der Waals surface area contributed by atoms with E-state index in [1.165, 1.54) is 12.1 Å². The number of hydrogen-bond acceptors (Lipinski definition) is 5. The number of rotatable bonds is 5. The lowest BCUT2D eigenvalue weighted by molar-refractivity contribution is 0.102. The van der Waals surface area contributed by atoms with Gasteiger partial charge in [0.25, 0.3) is 15.9 Å². The van der Waals surface area contributed by atoms with Crippen molar-refractivity contribution >= 4 is 38.4 Å². The first-order valence-corrected chi connectivity index (χ1v) is 13.8. The van der Waals surface area contributed by atoms with E-state index in [4.69, 9.17) is 4.98 Å². The Morgan fingerprint density at radius 1 is 0.892 bits per heavy atom. The minimum atomic E-state index is -3.82. The number of carbonyl (C=O) groups is 1. The molecule has 3 aromatic carbocycles. The molecule has 7 nitrogen and oxygen atoms in total. The molecule has 0 fully saturated rings. The summed E-state index contributed by atoms with van der Waals surface area (Å²) in [5, 5.41) is 3.59. The Balaban J connectivity index is 1.44. The maximum atomic E-state index is 13.5. The van der Waals surface area contributed by atoms with Gasteiger partial charge in [-0.2, -0.15) is 0 Å². The van der Waals surface area contributed by atoms with E-state index >= 15 is 0 Å². The highest BCUT2D eigenvalue weighted by Crippen LogP contribution is 2.26. The molecular weight excluding hydrogens is 484 g/mol. The number of amidine groups is 1. The zero-order valence-electron chi connectivity index (χ0n) is 20.6. The Bertz CT molecular complexity index is 1600. The minimum absolute atomic E-state index is 0.0668. The number of pyridine rings is 1. The summed E-state index contributed by atoms with van der Waals surface area (Å²) in [5.74, 6) is 0.140. The number of aromatic nitrogens is 1. The van der Waals surface area contributed by atoms with Crippen LogP contribution in [0.2, 0.25) is 0 Å². The van der Waals surface area contributed by atoms with Crippen LogP contribution in [-0.4, -0.2) is 31.7 Å². The lowest BCUT2D eigenvalue weighted by atomic mass is 10.0. The Labute approximate surface area is 216 Å². The molecule has 0 saturated carbocycles. The largest absolute Gasteiger partial charge is 0.322 e. The molecule has 2 heterocycles. The highest BCUT2D eigenvalue weighted by atomic mass is 32.2. The van der Waals surface area contributed by atoms with Gasteiger partial charge in [-0.25, -0.2) is 13.4 Å². The predicted octanol–water partition coefficient (Wildman–Crippen LogP) is 5.71.